The number of hydrogen-bond donors (Lipinski definition) is 1. The van der Waals surface area contributed by atoms with Crippen LogP contribution in [-0.2, 0) is 4.79 Å². The van der Waals surface area contributed by atoms with Gasteiger partial charge in [0, 0.05) is 5.75 Å². The van der Waals surface area contributed by atoms with Crippen molar-refractivity contribution in [2.75, 3.05) is 11.5 Å². The molecule has 0 amide bonds. The van der Waals surface area contributed by atoms with Gasteiger partial charge in [-0.25, -0.2) is 0 Å². The van der Waals surface area contributed by atoms with Gasteiger partial charge in [-0.2, -0.15) is 25.8 Å². The average molecular weight is 300 g/mol. The topological polar surface area (TPSA) is 17.1 Å². The molecule has 1 nitrogen and oxygen atoms in total. The number of carbonyl (C=O) groups excluding carboxylic acids is 1. The van der Waals surface area contributed by atoms with Crippen LogP contribution in [0, 0.1) is 11.8 Å². The van der Waals surface area contributed by atoms with E-state index in [0.717, 1.165) is 31.0 Å². The van der Waals surface area contributed by atoms with Crippen LogP contribution in [0.2, 0.25) is 0 Å². The normalized spacial score (nSPS) is 19.8. The first-order valence-electron chi connectivity index (χ1n) is 6.31. The summed E-state index contributed by atoms with van der Waals surface area (Å²) < 4.78 is 39.0. The van der Waals surface area contributed by atoms with E-state index in [1.54, 1.807) is 0 Å². The second-order valence-electron chi connectivity index (χ2n) is 4.66. The number of alkyl halides is 3. The van der Waals surface area contributed by atoms with Gasteiger partial charge < -0.3 is 0 Å². The van der Waals surface area contributed by atoms with Gasteiger partial charge in [0.05, 0.1) is 0 Å². The molecule has 0 spiro atoms. The molecule has 0 aromatic carbocycles. The Bertz CT molecular complexity index is 263. The third-order valence-corrected chi connectivity index (χ3v) is 4.62. The highest BCUT2D eigenvalue weighted by Gasteiger charge is 2.49. The lowest BCUT2D eigenvalue weighted by molar-refractivity contribution is -0.189. The summed E-state index contributed by atoms with van der Waals surface area (Å²) >= 11 is 4.81. The van der Waals surface area contributed by atoms with E-state index >= 15 is 0 Å². The predicted molar refractivity (Wildman–Crippen MR) is 72.1 cm³/mol. The van der Waals surface area contributed by atoms with Crippen LogP contribution in [0.1, 0.15) is 38.5 Å². The highest BCUT2D eigenvalue weighted by atomic mass is 32.2. The molecule has 1 fully saturated rings. The van der Waals surface area contributed by atoms with Crippen molar-refractivity contribution in [1.82, 2.24) is 0 Å². The molecule has 1 unspecified atom stereocenters. The first-order valence-corrected chi connectivity index (χ1v) is 7.93. The molecule has 0 bridgehead atoms. The lowest BCUT2D eigenvalue weighted by Crippen LogP contribution is -2.36. The van der Waals surface area contributed by atoms with Crippen molar-refractivity contribution in [2.45, 2.75) is 44.7 Å². The molecule has 6 heteroatoms. The van der Waals surface area contributed by atoms with E-state index in [9.17, 15) is 18.0 Å². The Hall–Kier alpha value is 0.160. The third-order valence-electron chi connectivity index (χ3n) is 3.27. The maximum atomic E-state index is 13.0. The van der Waals surface area contributed by atoms with Gasteiger partial charge in [-0.15, -0.1) is 0 Å². The zero-order valence-corrected chi connectivity index (χ0v) is 11.9. The quantitative estimate of drug-likeness (QED) is 0.601. The fraction of sp³-hybridized carbons (Fsp3) is 0.917. The highest BCUT2D eigenvalue weighted by Crippen LogP contribution is 2.42. The molecular weight excluding hydrogens is 281 g/mol. The molecule has 0 N–H and O–H groups in total. The molecule has 1 rings (SSSR count). The summed E-state index contributed by atoms with van der Waals surface area (Å²) in [5, 5.41) is -0.698. The second-order valence-corrected chi connectivity index (χ2v) is 6.21. The lowest BCUT2D eigenvalue weighted by Gasteiger charge is -2.30. The first kappa shape index (κ1) is 16.2. The van der Waals surface area contributed by atoms with Crippen LogP contribution in [-0.4, -0.2) is 22.8 Å². The molecule has 0 aromatic rings. The van der Waals surface area contributed by atoms with Crippen molar-refractivity contribution in [2.24, 2.45) is 11.8 Å². The molecule has 0 aliphatic heterocycles. The van der Waals surface area contributed by atoms with Crippen molar-refractivity contribution >= 4 is 29.5 Å². The molecule has 1 saturated carbocycles. The van der Waals surface area contributed by atoms with Gasteiger partial charge >= 0.3 is 6.18 Å². The molecule has 18 heavy (non-hydrogen) atoms. The summed E-state index contributed by atoms with van der Waals surface area (Å²) in [5.41, 5.74) is 0. The van der Waals surface area contributed by atoms with Crippen LogP contribution in [0.15, 0.2) is 0 Å². The maximum absolute atomic E-state index is 13.0. The molecule has 0 heterocycles. The minimum absolute atomic E-state index is 0.432. The number of halogens is 3. The summed E-state index contributed by atoms with van der Waals surface area (Å²) in [4.78, 5) is 11.8. The van der Waals surface area contributed by atoms with Gasteiger partial charge in [0.25, 0.3) is 0 Å². The fourth-order valence-corrected chi connectivity index (χ4v) is 3.76. The minimum Gasteiger partial charge on any atom is -0.287 e. The Morgan fingerprint density at radius 3 is 2.39 bits per heavy atom. The van der Waals surface area contributed by atoms with Crippen LogP contribution in [0.25, 0.3) is 0 Å². The van der Waals surface area contributed by atoms with Crippen LogP contribution >= 0.6 is 24.4 Å². The van der Waals surface area contributed by atoms with Gasteiger partial charge in [-0.1, -0.05) is 31.0 Å². The van der Waals surface area contributed by atoms with Crippen LogP contribution in [0.3, 0.4) is 0 Å². The molecule has 0 saturated heterocycles. The Morgan fingerprint density at radius 2 is 1.89 bits per heavy atom. The predicted octanol–water partition coefficient (Wildman–Crippen LogP) is 4.32. The smallest absolute Gasteiger partial charge is 0.287 e. The Labute approximate surface area is 116 Å². The van der Waals surface area contributed by atoms with Crippen LogP contribution < -0.4 is 0 Å². The summed E-state index contributed by atoms with van der Waals surface area (Å²) in [6.45, 7) is 0. The van der Waals surface area contributed by atoms with E-state index in [0.29, 0.717) is 30.8 Å². The maximum Gasteiger partial charge on any atom is 0.399 e. The average Bonchev–Trinajstić information content (AvgIpc) is 2.29. The van der Waals surface area contributed by atoms with E-state index in [-0.39, 0.29) is 0 Å². The molecular formula is C12H19F3OS2. The summed E-state index contributed by atoms with van der Waals surface area (Å²) in [6, 6.07) is 0. The minimum atomic E-state index is -4.40. The molecule has 0 aromatic heterocycles. The van der Waals surface area contributed by atoms with E-state index in [1.807, 2.05) is 0 Å². The van der Waals surface area contributed by atoms with Gasteiger partial charge in [-0.05, 0) is 30.9 Å². The Kier molecular flexibility index (Phi) is 6.92. The summed E-state index contributed by atoms with van der Waals surface area (Å²) in [5.74, 6) is -1.24. The van der Waals surface area contributed by atoms with Gasteiger partial charge in [-0.3, -0.25) is 4.79 Å². The SMILES string of the molecule is O=C(SCCCS)C(C1CCCCC1)C(F)(F)F. The third kappa shape index (κ3) is 5.03. The van der Waals surface area contributed by atoms with Crippen molar-refractivity contribution in [1.29, 1.82) is 0 Å². The molecule has 1 aliphatic carbocycles. The van der Waals surface area contributed by atoms with Crippen molar-refractivity contribution in [3.05, 3.63) is 0 Å². The van der Waals surface area contributed by atoms with E-state index in [1.165, 1.54) is 0 Å². The largest absolute Gasteiger partial charge is 0.399 e. The van der Waals surface area contributed by atoms with E-state index in [4.69, 9.17) is 0 Å². The zero-order chi connectivity index (χ0) is 13.6. The molecule has 1 atom stereocenters. The number of thioether (sulfide) groups is 1. The van der Waals surface area contributed by atoms with Gasteiger partial charge in [0.2, 0.25) is 5.12 Å². The molecule has 1 aliphatic rings. The number of carbonyl (C=O) groups is 1. The number of thiol groups is 1. The van der Waals surface area contributed by atoms with Crippen LogP contribution in [0.4, 0.5) is 13.2 Å². The Balaban J connectivity index is 2.62. The molecule has 106 valence electrons. The highest BCUT2D eigenvalue weighted by molar-refractivity contribution is 8.13. The monoisotopic (exact) mass is 300 g/mol. The Morgan fingerprint density at radius 1 is 1.28 bits per heavy atom. The van der Waals surface area contributed by atoms with Crippen molar-refractivity contribution < 1.29 is 18.0 Å². The number of hydrogen-bond acceptors (Lipinski definition) is 3. The van der Waals surface area contributed by atoms with E-state index < -0.39 is 23.1 Å². The van der Waals surface area contributed by atoms with Crippen molar-refractivity contribution in [3.8, 4) is 0 Å². The summed E-state index contributed by atoms with van der Waals surface area (Å²) in [7, 11) is 0. The lowest BCUT2D eigenvalue weighted by atomic mass is 9.80. The molecule has 0 radical (unpaired) electrons. The fourth-order valence-electron chi connectivity index (χ4n) is 2.39. The second kappa shape index (κ2) is 7.68. The van der Waals surface area contributed by atoms with E-state index in [2.05, 4.69) is 12.6 Å². The number of rotatable bonds is 5. The van der Waals surface area contributed by atoms with Gasteiger partial charge in [0.1, 0.15) is 5.92 Å². The first-order chi connectivity index (χ1) is 8.46. The van der Waals surface area contributed by atoms with Crippen LogP contribution in [0.5, 0.6) is 0 Å². The zero-order valence-electron chi connectivity index (χ0n) is 10.2. The van der Waals surface area contributed by atoms with Gasteiger partial charge in [0.15, 0.2) is 0 Å². The summed E-state index contributed by atoms with van der Waals surface area (Å²) in [6.07, 6.45) is -0.0619. The standard InChI is InChI=1S/C12H19F3OS2/c13-12(14,15)10(9-5-2-1-3-6-9)11(16)18-8-4-7-17/h9-10,17H,1-8H2. The van der Waals surface area contributed by atoms with Crippen molar-refractivity contribution in [3.63, 3.8) is 0 Å².